The van der Waals surface area contributed by atoms with Crippen LogP contribution >= 0.6 is 0 Å². The van der Waals surface area contributed by atoms with Crippen molar-refractivity contribution in [3.05, 3.63) is 29.8 Å². The largest absolute Gasteiger partial charge is 0.545 e. The summed E-state index contributed by atoms with van der Waals surface area (Å²) < 4.78 is 4.51. The highest BCUT2D eigenvalue weighted by Gasteiger charge is 2.03. The SMILES string of the molecule is Cc1ccc(OC(=O)OO)cc1. The number of ether oxygens (including phenoxy) is 1. The molecule has 12 heavy (non-hydrogen) atoms. The van der Waals surface area contributed by atoms with Crippen molar-refractivity contribution in [2.75, 3.05) is 0 Å². The van der Waals surface area contributed by atoms with E-state index in [4.69, 9.17) is 5.26 Å². The highest BCUT2D eigenvalue weighted by molar-refractivity contribution is 5.62. The van der Waals surface area contributed by atoms with Gasteiger partial charge in [-0.1, -0.05) is 17.7 Å². The highest BCUT2D eigenvalue weighted by Crippen LogP contribution is 2.11. The maximum atomic E-state index is 10.4. The highest BCUT2D eigenvalue weighted by atomic mass is 17.1. The summed E-state index contributed by atoms with van der Waals surface area (Å²) in [6, 6.07) is 6.76. The molecule has 0 aromatic heterocycles. The van der Waals surface area contributed by atoms with E-state index in [1.54, 1.807) is 24.3 Å². The Balaban J connectivity index is 2.64. The van der Waals surface area contributed by atoms with Crippen LogP contribution in [0.2, 0.25) is 0 Å². The lowest BCUT2D eigenvalue weighted by Crippen LogP contribution is -2.07. The third-order valence-corrected chi connectivity index (χ3v) is 1.30. The second-order valence-corrected chi connectivity index (χ2v) is 2.26. The van der Waals surface area contributed by atoms with E-state index in [9.17, 15) is 4.79 Å². The number of benzene rings is 1. The molecule has 0 radical (unpaired) electrons. The van der Waals surface area contributed by atoms with Gasteiger partial charge in [-0.25, -0.2) is 4.79 Å². The Morgan fingerprint density at radius 2 is 1.92 bits per heavy atom. The second-order valence-electron chi connectivity index (χ2n) is 2.26. The van der Waals surface area contributed by atoms with E-state index < -0.39 is 6.16 Å². The van der Waals surface area contributed by atoms with Gasteiger partial charge in [-0.15, -0.1) is 0 Å². The average molecular weight is 168 g/mol. The van der Waals surface area contributed by atoms with Gasteiger partial charge in [0.1, 0.15) is 5.75 Å². The maximum absolute atomic E-state index is 10.4. The number of carbonyl (C=O) groups is 1. The predicted octanol–water partition coefficient (Wildman–Crippen LogP) is 1.98. The molecule has 0 saturated carbocycles. The van der Waals surface area contributed by atoms with E-state index in [2.05, 4.69) is 9.62 Å². The van der Waals surface area contributed by atoms with Gasteiger partial charge in [0, 0.05) is 0 Å². The minimum absolute atomic E-state index is 0.333. The molecule has 0 saturated heterocycles. The minimum atomic E-state index is -1.14. The molecule has 1 aromatic rings. The molecule has 0 atom stereocenters. The summed E-state index contributed by atoms with van der Waals surface area (Å²) in [5.74, 6) is 0.333. The topological polar surface area (TPSA) is 55.8 Å². The van der Waals surface area contributed by atoms with Gasteiger partial charge in [-0.05, 0) is 19.1 Å². The Hall–Kier alpha value is -1.55. The molecule has 0 unspecified atom stereocenters. The van der Waals surface area contributed by atoms with Crippen molar-refractivity contribution in [1.82, 2.24) is 0 Å². The van der Waals surface area contributed by atoms with Gasteiger partial charge in [0.25, 0.3) is 0 Å². The van der Waals surface area contributed by atoms with Crippen LogP contribution in [-0.4, -0.2) is 11.4 Å². The molecule has 64 valence electrons. The van der Waals surface area contributed by atoms with Crippen LogP contribution in [0.15, 0.2) is 24.3 Å². The molecular formula is C8H8O4. The number of aryl methyl sites for hydroxylation is 1. The Kier molecular flexibility index (Phi) is 2.66. The molecular weight excluding hydrogens is 160 g/mol. The van der Waals surface area contributed by atoms with Crippen LogP contribution in [0.25, 0.3) is 0 Å². The molecule has 0 spiro atoms. The average Bonchev–Trinajstić information content (AvgIpc) is 2.09. The summed E-state index contributed by atoms with van der Waals surface area (Å²) in [5, 5.41) is 7.88. The number of rotatable bonds is 1. The molecule has 0 aliphatic carbocycles. The Morgan fingerprint density at radius 1 is 1.33 bits per heavy atom. The van der Waals surface area contributed by atoms with Crippen molar-refractivity contribution in [1.29, 1.82) is 0 Å². The Bertz CT molecular complexity index is 265. The summed E-state index contributed by atoms with van der Waals surface area (Å²) in [4.78, 5) is 13.7. The molecule has 0 heterocycles. The van der Waals surface area contributed by atoms with Gasteiger partial charge in [0.15, 0.2) is 0 Å². The van der Waals surface area contributed by atoms with Crippen molar-refractivity contribution < 1.29 is 19.7 Å². The molecule has 1 N–H and O–H groups in total. The molecule has 0 aliphatic rings. The normalized spacial score (nSPS) is 9.17. The summed E-state index contributed by atoms with van der Waals surface area (Å²) in [7, 11) is 0. The molecule has 0 aliphatic heterocycles. The zero-order chi connectivity index (χ0) is 8.97. The van der Waals surface area contributed by atoms with Crippen molar-refractivity contribution in [2.45, 2.75) is 6.92 Å². The second kappa shape index (κ2) is 3.73. The maximum Gasteiger partial charge on any atom is 0.545 e. The van der Waals surface area contributed by atoms with Gasteiger partial charge < -0.3 is 4.74 Å². The molecule has 4 nitrogen and oxygen atoms in total. The Morgan fingerprint density at radius 3 is 2.42 bits per heavy atom. The van der Waals surface area contributed by atoms with Crippen LogP contribution in [0.3, 0.4) is 0 Å². The predicted molar refractivity (Wildman–Crippen MR) is 40.9 cm³/mol. The van der Waals surface area contributed by atoms with E-state index in [1.165, 1.54) is 0 Å². The first-order valence-corrected chi connectivity index (χ1v) is 3.32. The third-order valence-electron chi connectivity index (χ3n) is 1.30. The Labute approximate surface area is 69.3 Å². The van der Waals surface area contributed by atoms with E-state index in [0.717, 1.165) is 5.56 Å². The van der Waals surface area contributed by atoms with Crippen molar-refractivity contribution >= 4 is 6.16 Å². The fourth-order valence-electron chi connectivity index (χ4n) is 0.721. The first-order valence-electron chi connectivity index (χ1n) is 3.32. The first-order chi connectivity index (χ1) is 5.72. The fourth-order valence-corrected chi connectivity index (χ4v) is 0.721. The molecule has 0 bridgehead atoms. The van der Waals surface area contributed by atoms with Crippen LogP contribution in [-0.2, 0) is 4.89 Å². The zero-order valence-corrected chi connectivity index (χ0v) is 6.48. The van der Waals surface area contributed by atoms with E-state index in [-0.39, 0.29) is 0 Å². The zero-order valence-electron chi connectivity index (χ0n) is 6.48. The van der Waals surface area contributed by atoms with Gasteiger partial charge in [0.05, 0.1) is 0 Å². The lowest BCUT2D eigenvalue weighted by Gasteiger charge is -1.99. The molecule has 0 fully saturated rings. The van der Waals surface area contributed by atoms with Crippen molar-refractivity contribution in [3.8, 4) is 5.75 Å². The van der Waals surface area contributed by atoms with Crippen molar-refractivity contribution in [2.24, 2.45) is 0 Å². The van der Waals surface area contributed by atoms with E-state index >= 15 is 0 Å². The van der Waals surface area contributed by atoms with Crippen LogP contribution in [0, 0.1) is 6.92 Å². The smallest absolute Gasteiger partial charge is 0.393 e. The molecule has 0 amide bonds. The van der Waals surface area contributed by atoms with Crippen LogP contribution in [0.1, 0.15) is 5.56 Å². The monoisotopic (exact) mass is 168 g/mol. The van der Waals surface area contributed by atoms with E-state index in [0.29, 0.717) is 5.75 Å². The summed E-state index contributed by atoms with van der Waals surface area (Å²) >= 11 is 0. The summed E-state index contributed by atoms with van der Waals surface area (Å²) in [5.41, 5.74) is 1.06. The van der Waals surface area contributed by atoms with Gasteiger partial charge in [0.2, 0.25) is 0 Å². The first kappa shape index (κ1) is 8.55. The number of hydrogen-bond acceptors (Lipinski definition) is 4. The van der Waals surface area contributed by atoms with Crippen LogP contribution < -0.4 is 4.74 Å². The van der Waals surface area contributed by atoms with E-state index in [1.807, 2.05) is 6.92 Å². The third kappa shape index (κ3) is 2.25. The van der Waals surface area contributed by atoms with Crippen molar-refractivity contribution in [3.63, 3.8) is 0 Å². The fraction of sp³-hybridized carbons (Fsp3) is 0.125. The van der Waals surface area contributed by atoms with Crippen LogP contribution in [0.5, 0.6) is 5.75 Å². The lowest BCUT2D eigenvalue weighted by atomic mass is 10.2. The number of hydrogen-bond donors (Lipinski definition) is 1. The summed E-state index contributed by atoms with van der Waals surface area (Å²) in [6.07, 6.45) is -1.14. The minimum Gasteiger partial charge on any atom is -0.393 e. The van der Waals surface area contributed by atoms with Gasteiger partial charge in [-0.2, -0.15) is 5.26 Å². The summed E-state index contributed by atoms with van der Waals surface area (Å²) in [6.45, 7) is 1.91. The quantitative estimate of drug-likeness (QED) is 0.301. The number of carbonyl (C=O) groups excluding carboxylic acids is 1. The van der Waals surface area contributed by atoms with Crippen LogP contribution in [0.4, 0.5) is 4.79 Å². The van der Waals surface area contributed by atoms with Gasteiger partial charge in [-0.3, -0.25) is 4.89 Å². The molecule has 1 rings (SSSR count). The molecule has 4 heteroatoms. The van der Waals surface area contributed by atoms with Gasteiger partial charge >= 0.3 is 6.16 Å². The standard InChI is InChI=1S/C8H8O4/c1-6-2-4-7(5-3-6)11-8(9)12-10/h2-5,10H,1H3. The lowest BCUT2D eigenvalue weighted by molar-refractivity contribution is -0.191. The molecule has 1 aromatic carbocycles.